The molecule has 0 aliphatic heterocycles. The molecule has 0 unspecified atom stereocenters. The molecule has 0 heterocycles. The van der Waals surface area contributed by atoms with Crippen molar-refractivity contribution in [1.29, 1.82) is 0 Å². The normalized spacial score (nSPS) is 14.4. The summed E-state index contributed by atoms with van der Waals surface area (Å²) in [6, 6.07) is 13.8. The lowest BCUT2D eigenvalue weighted by Crippen LogP contribution is -2.23. The van der Waals surface area contributed by atoms with Gasteiger partial charge in [-0.3, -0.25) is 4.79 Å². The Balaban J connectivity index is 1.72. The quantitative estimate of drug-likeness (QED) is 0.788. The zero-order valence-electron chi connectivity index (χ0n) is 14.3. The lowest BCUT2D eigenvalue weighted by molar-refractivity contribution is -0.0520. The van der Waals surface area contributed by atoms with E-state index >= 15 is 0 Å². The van der Waals surface area contributed by atoms with Crippen molar-refractivity contribution in [3.8, 4) is 11.5 Å². The van der Waals surface area contributed by atoms with Gasteiger partial charge in [-0.25, -0.2) is 0 Å². The maximum absolute atomic E-state index is 12.6. The molecule has 2 aromatic rings. The summed E-state index contributed by atoms with van der Waals surface area (Å²) >= 11 is 0. The molecule has 6 heteroatoms. The molecule has 0 spiro atoms. The number of alkyl halides is 2. The number of amides is 1. The first-order valence-corrected chi connectivity index (χ1v) is 8.69. The molecule has 138 valence electrons. The van der Waals surface area contributed by atoms with Gasteiger partial charge < -0.3 is 14.8 Å². The third-order valence-corrected chi connectivity index (χ3v) is 4.31. The zero-order valence-corrected chi connectivity index (χ0v) is 14.3. The molecule has 0 bridgehead atoms. The number of hydrogen-bond acceptors (Lipinski definition) is 3. The van der Waals surface area contributed by atoms with Gasteiger partial charge in [0, 0.05) is 12.1 Å². The summed E-state index contributed by atoms with van der Waals surface area (Å²) in [4.78, 5) is 12.4. The van der Waals surface area contributed by atoms with Gasteiger partial charge >= 0.3 is 6.61 Å². The Hall–Kier alpha value is -2.63. The van der Waals surface area contributed by atoms with Crippen LogP contribution in [0.25, 0.3) is 0 Å². The molecule has 1 fully saturated rings. The minimum atomic E-state index is -2.95. The summed E-state index contributed by atoms with van der Waals surface area (Å²) in [5.41, 5.74) is 1.32. The third-order valence-electron chi connectivity index (χ3n) is 4.31. The fraction of sp³-hybridized carbons (Fsp3) is 0.350. The highest BCUT2D eigenvalue weighted by molar-refractivity contribution is 5.94. The van der Waals surface area contributed by atoms with Crippen LogP contribution < -0.4 is 14.8 Å². The number of ether oxygens (including phenoxy) is 2. The Labute approximate surface area is 151 Å². The number of hydrogen-bond donors (Lipinski definition) is 1. The highest BCUT2D eigenvalue weighted by Gasteiger charge is 2.21. The molecule has 1 saturated carbocycles. The van der Waals surface area contributed by atoms with Crippen LogP contribution in [0, 0.1) is 0 Å². The molecular formula is C20H21F2NO3. The lowest BCUT2D eigenvalue weighted by atomic mass is 10.1. The first kappa shape index (κ1) is 18.2. The van der Waals surface area contributed by atoms with Crippen molar-refractivity contribution in [3.63, 3.8) is 0 Å². The summed E-state index contributed by atoms with van der Waals surface area (Å²) in [6.45, 7) is -2.56. The average Bonchev–Trinajstić information content (AvgIpc) is 3.14. The number of halogens is 2. The van der Waals surface area contributed by atoms with Crippen molar-refractivity contribution in [1.82, 2.24) is 5.32 Å². The van der Waals surface area contributed by atoms with Gasteiger partial charge in [0.1, 0.15) is 0 Å². The SMILES string of the molecule is O=C(NCc1ccccc1)c1ccc(OC(F)F)c(OC2CCCC2)c1. The van der Waals surface area contributed by atoms with Crippen LogP contribution >= 0.6 is 0 Å². The fourth-order valence-electron chi connectivity index (χ4n) is 3.00. The summed E-state index contributed by atoms with van der Waals surface area (Å²) in [6.07, 6.45) is 3.81. The van der Waals surface area contributed by atoms with Crippen LogP contribution in [0.5, 0.6) is 11.5 Å². The summed E-state index contributed by atoms with van der Waals surface area (Å²) in [7, 11) is 0. The molecule has 26 heavy (non-hydrogen) atoms. The molecule has 1 aliphatic carbocycles. The Kier molecular flexibility index (Phi) is 6.04. The molecule has 0 radical (unpaired) electrons. The molecule has 2 aromatic carbocycles. The second-order valence-corrected chi connectivity index (χ2v) is 6.23. The van der Waals surface area contributed by atoms with Crippen molar-refractivity contribution in [2.75, 3.05) is 0 Å². The van der Waals surface area contributed by atoms with E-state index < -0.39 is 6.61 Å². The summed E-state index contributed by atoms with van der Waals surface area (Å²) < 4.78 is 35.6. The van der Waals surface area contributed by atoms with Gasteiger partial charge in [-0.2, -0.15) is 8.78 Å². The molecule has 1 N–H and O–H groups in total. The lowest BCUT2D eigenvalue weighted by Gasteiger charge is -2.17. The van der Waals surface area contributed by atoms with E-state index in [-0.39, 0.29) is 23.5 Å². The number of benzene rings is 2. The first-order chi connectivity index (χ1) is 12.6. The Morgan fingerprint density at radius 2 is 1.81 bits per heavy atom. The molecule has 0 saturated heterocycles. The van der Waals surface area contributed by atoms with Crippen LogP contribution in [0.15, 0.2) is 48.5 Å². The van der Waals surface area contributed by atoms with Crippen molar-refractivity contribution >= 4 is 5.91 Å². The van der Waals surface area contributed by atoms with Gasteiger partial charge in [0.05, 0.1) is 6.10 Å². The van der Waals surface area contributed by atoms with E-state index in [9.17, 15) is 13.6 Å². The number of carbonyl (C=O) groups is 1. The largest absolute Gasteiger partial charge is 0.487 e. The number of rotatable bonds is 7. The highest BCUT2D eigenvalue weighted by atomic mass is 19.3. The summed E-state index contributed by atoms with van der Waals surface area (Å²) in [5.74, 6) is -0.162. The van der Waals surface area contributed by atoms with E-state index in [1.807, 2.05) is 30.3 Å². The van der Waals surface area contributed by atoms with Crippen molar-refractivity contribution in [2.24, 2.45) is 0 Å². The number of nitrogens with one attached hydrogen (secondary N) is 1. The maximum Gasteiger partial charge on any atom is 0.387 e. The molecule has 1 aliphatic rings. The van der Waals surface area contributed by atoms with Gasteiger partial charge in [0.25, 0.3) is 5.91 Å². The molecule has 0 aromatic heterocycles. The molecular weight excluding hydrogens is 340 g/mol. The van der Waals surface area contributed by atoms with Crippen LogP contribution in [-0.2, 0) is 6.54 Å². The Bertz CT molecular complexity index is 731. The second-order valence-electron chi connectivity index (χ2n) is 6.23. The van der Waals surface area contributed by atoms with Crippen LogP contribution in [0.2, 0.25) is 0 Å². The maximum atomic E-state index is 12.6. The molecule has 4 nitrogen and oxygen atoms in total. The highest BCUT2D eigenvalue weighted by Crippen LogP contribution is 2.33. The van der Waals surface area contributed by atoms with E-state index in [0.29, 0.717) is 12.1 Å². The minimum Gasteiger partial charge on any atom is -0.487 e. The van der Waals surface area contributed by atoms with Gasteiger partial charge in [0.2, 0.25) is 0 Å². The predicted molar refractivity (Wildman–Crippen MR) is 93.6 cm³/mol. The smallest absolute Gasteiger partial charge is 0.387 e. The van der Waals surface area contributed by atoms with Crippen LogP contribution in [0.4, 0.5) is 8.78 Å². The van der Waals surface area contributed by atoms with Crippen molar-refractivity contribution < 1.29 is 23.0 Å². The Morgan fingerprint density at radius 1 is 1.08 bits per heavy atom. The van der Waals surface area contributed by atoms with E-state index in [2.05, 4.69) is 10.1 Å². The van der Waals surface area contributed by atoms with Crippen molar-refractivity contribution in [3.05, 3.63) is 59.7 Å². The monoisotopic (exact) mass is 361 g/mol. The van der Waals surface area contributed by atoms with Crippen LogP contribution in [-0.4, -0.2) is 18.6 Å². The zero-order chi connectivity index (χ0) is 18.4. The third kappa shape index (κ3) is 4.94. The van der Waals surface area contributed by atoms with Gasteiger partial charge in [-0.15, -0.1) is 0 Å². The van der Waals surface area contributed by atoms with Crippen LogP contribution in [0.1, 0.15) is 41.6 Å². The fourth-order valence-corrected chi connectivity index (χ4v) is 3.00. The van der Waals surface area contributed by atoms with Gasteiger partial charge in [-0.1, -0.05) is 30.3 Å². The summed E-state index contributed by atoms with van der Waals surface area (Å²) in [5, 5.41) is 2.81. The minimum absolute atomic E-state index is 0.0300. The van der Waals surface area contributed by atoms with Crippen LogP contribution in [0.3, 0.4) is 0 Å². The molecule has 3 rings (SSSR count). The van der Waals surface area contributed by atoms with E-state index in [4.69, 9.17) is 4.74 Å². The van der Waals surface area contributed by atoms with Gasteiger partial charge in [-0.05, 0) is 49.4 Å². The Morgan fingerprint density at radius 3 is 2.50 bits per heavy atom. The van der Waals surface area contributed by atoms with E-state index in [0.717, 1.165) is 31.2 Å². The number of carbonyl (C=O) groups excluding carboxylic acids is 1. The standard InChI is InChI=1S/C20H21F2NO3/c21-20(22)26-17-11-10-15(12-18(17)25-16-8-4-5-9-16)19(24)23-13-14-6-2-1-3-7-14/h1-3,6-7,10-12,16,20H,4-5,8-9,13H2,(H,23,24). The van der Waals surface area contributed by atoms with E-state index in [1.165, 1.54) is 18.2 Å². The molecule has 1 amide bonds. The topological polar surface area (TPSA) is 47.6 Å². The first-order valence-electron chi connectivity index (χ1n) is 8.69. The van der Waals surface area contributed by atoms with Gasteiger partial charge in [0.15, 0.2) is 11.5 Å². The average molecular weight is 361 g/mol. The molecule has 0 atom stereocenters. The predicted octanol–water partition coefficient (Wildman–Crippen LogP) is 4.54. The van der Waals surface area contributed by atoms with Crippen molar-refractivity contribution in [2.45, 2.75) is 44.9 Å². The second kappa shape index (κ2) is 8.65. The van der Waals surface area contributed by atoms with E-state index in [1.54, 1.807) is 0 Å².